The van der Waals surface area contributed by atoms with Crippen molar-refractivity contribution < 1.29 is 9.53 Å². The normalized spacial score (nSPS) is 19.2. The number of rotatable bonds is 5. The van der Waals surface area contributed by atoms with Gasteiger partial charge in [0, 0.05) is 6.20 Å². The summed E-state index contributed by atoms with van der Waals surface area (Å²) in [5.41, 5.74) is 0.591. The second kappa shape index (κ2) is 7.35. The van der Waals surface area contributed by atoms with Gasteiger partial charge in [0.05, 0.1) is 12.1 Å². The summed E-state index contributed by atoms with van der Waals surface area (Å²) in [7, 11) is 0. The average molecular weight is 390 g/mol. The fraction of sp³-hybridized carbons (Fsp3) is 0.348. The highest BCUT2D eigenvalue weighted by atomic mass is 16.6. The molecular formula is C23H26N4O2. The molecule has 29 heavy (non-hydrogen) atoms. The lowest BCUT2D eigenvalue weighted by atomic mass is 9.96. The molecule has 1 aromatic heterocycles. The predicted molar refractivity (Wildman–Crippen MR) is 115 cm³/mol. The third kappa shape index (κ3) is 3.62. The lowest BCUT2D eigenvalue weighted by Gasteiger charge is -2.27. The average Bonchev–Trinajstić information content (AvgIpc) is 2.95. The summed E-state index contributed by atoms with van der Waals surface area (Å²) in [6.45, 7) is 7.98. The molecule has 0 saturated carbocycles. The van der Waals surface area contributed by atoms with E-state index < -0.39 is 5.60 Å². The SMILES string of the molecule is CC[C@@H]1N(c2ccnc(N[C@@H](C)c3ccc4ccccc4c3)n2)C(=O)OC1(C)C. The number of fused-ring (bicyclic) bond motifs is 1. The van der Waals surface area contributed by atoms with Crippen LogP contribution in [0.5, 0.6) is 0 Å². The van der Waals surface area contributed by atoms with Crippen molar-refractivity contribution in [3.05, 3.63) is 60.3 Å². The number of hydrogen-bond donors (Lipinski definition) is 1. The highest BCUT2D eigenvalue weighted by Gasteiger charge is 2.48. The van der Waals surface area contributed by atoms with E-state index in [0.29, 0.717) is 11.8 Å². The Morgan fingerprint density at radius 3 is 2.69 bits per heavy atom. The van der Waals surface area contributed by atoms with Gasteiger partial charge in [0.25, 0.3) is 0 Å². The minimum atomic E-state index is -0.553. The smallest absolute Gasteiger partial charge is 0.416 e. The Morgan fingerprint density at radius 2 is 1.93 bits per heavy atom. The third-order valence-electron chi connectivity index (χ3n) is 5.55. The number of cyclic esters (lactones) is 1. The predicted octanol–water partition coefficient (Wildman–Crippen LogP) is 5.32. The van der Waals surface area contributed by atoms with Gasteiger partial charge in [0.15, 0.2) is 0 Å². The van der Waals surface area contributed by atoms with E-state index in [1.165, 1.54) is 10.8 Å². The van der Waals surface area contributed by atoms with Crippen molar-refractivity contribution >= 4 is 28.6 Å². The quantitative estimate of drug-likeness (QED) is 0.639. The van der Waals surface area contributed by atoms with Crippen molar-refractivity contribution in [3.8, 4) is 0 Å². The summed E-state index contributed by atoms with van der Waals surface area (Å²) >= 11 is 0. The molecule has 1 fully saturated rings. The van der Waals surface area contributed by atoms with Crippen molar-refractivity contribution in [2.24, 2.45) is 0 Å². The molecule has 2 heterocycles. The van der Waals surface area contributed by atoms with E-state index >= 15 is 0 Å². The molecule has 0 aliphatic carbocycles. The van der Waals surface area contributed by atoms with Crippen LogP contribution in [0.15, 0.2) is 54.7 Å². The summed E-state index contributed by atoms with van der Waals surface area (Å²) in [5, 5.41) is 5.76. The van der Waals surface area contributed by atoms with Gasteiger partial charge in [-0.25, -0.2) is 9.78 Å². The van der Waals surface area contributed by atoms with E-state index in [1.807, 2.05) is 32.9 Å². The van der Waals surface area contributed by atoms with Crippen LogP contribution in [-0.4, -0.2) is 27.7 Å². The van der Waals surface area contributed by atoms with E-state index in [2.05, 4.69) is 52.5 Å². The van der Waals surface area contributed by atoms with Crippen LogP contribution in [0.25, 0.3) is 10.8 Å². The van der Waals surface area contributed by atoms with E-state index in [4.69, 9.17) is 4.74 Å². The van der Waals surface area contributed by atoms with Gasteiger partial charge in [-0.3, -0.25) is 4.90 Å². The Morgan fingerprint density at radius 1 is 1.17 bits per heavy atom. The molecule has 150 valence electrons. The highest BCUT2D eigenvalue weighted by molar-refractivity contribution is 5.90. The van der Waals surface area contributed by atoms with Crippen molar-refractivity contribution in [1.29, 1.82) is 0 Å². The summed E-state index contributed by atoms with van der Waals surface area (Å²) in [5.74, 6) is 1.03. The van der Waals surface area contributed by atoms with Gasteiger partial charge in [-0.05, 0) is 55.7 Å². The molecule has 0 bridgehead atoms. The summed E-state index contributed by atoms with van der Waals surface area (Å²) in [6.07, 6.45) is 2.08. The number of ether oxygens (including phenoxy) is 1. The molecule has 6 heteroatoms. The minimum Gasteiger partial charge on any atom is -0.441 e. The lowest BCUT2D eigenvalue weighted by molar-refractivity contribution is 0.0678. The molecule has 2 aromatic carbocycles. The maximum absolute atomic E-state index is 12.5. The number of aromatic nitrogens is 2. The first kappa shape index (κ1) is 19.2. The molecule has 3 aromatic rings. The number of anilines is 2. The zero-order valence-electron chi connectivity index (χ0n) is 17.2. The van der Waals surface area contributed by atoms with Gasteiger partial charge in [0.2, 0.25) is 5.95 Å². The van der Waals surface area contributed by atoms with Crippen LogP contribution in [-0.2, 0) is 4.74 Å². The Kier molecular flexibility index (Phi) is 4.86. The molecular weight excluding hydrogens is 364 g/mol. The number of carbonyl (C=O) groups excluding carboxylic acids is 1. The van der Waals surface area contributed by atoms with Crippen LogP contribution in [0.2, 0.25) is 0 Å². The monoisotopic (exact) mass is 390 g/mol. The van der Waals surface area contributed by atoms with Gasteiger partial charge in [-0.2, -0.15) is 4.98 Å². The summed E-state index contributed by atoms with van der Waals surface area (Å²) < 4.78 is 5.56. The number of hydrogen-bond acceptors (Lipinski definition) is 5. The van der Waals surface area contributed by atoms with E-state index in [1.54, 1.807) is 17.2 Å². The second-order valence-corrected chi connectivity index (χ2v) is 7.98. The first-order valence-electron chi connectivity index (χ1n) is 9.99. The molecule has 0 unspecified atom stereocenters. The van der Waals surface area contributed by atoms with Gasteiger partial charge in [0.1, 0.15) is 11.4 Å². The number of carbonyl (C=O) groups is 1. The molecule has 0 spiro atoms. The van der Waals surface area contributed by atoms with Crippen LogP contribution in [0.1, 0.15) is 45.7 Å². The Balaban J connectivity index is 1.58. The van der Waals surface area contributed by atoms with Crippen molar-refractivity contribution in [2.45, 2.75) is 51.8 Å². The van der Waals surface area contributed by atoms with Crippen LogP contribution >= 0.6 is 0 Å². The first-order chi connectivity index (χ1) is 13.9. The zero-order chi connectivity index (χ0) is 20.6. The van der Waals surface area contributed by atoms with E-state index in [9.17, 15) is 4.79 Å². The fourth-order valence-electron chi connectivity index (χ4n) is 4.01. The number of nitrogens with zero attached hydrogens (tertiary/aromatic N) is 3. The van der Waals surface area contributed by atoms with Crippen molar-refractivity contribution in [2.75, 3.05) is 10.2 Å². The van der Waals surface area contributed by atoms with Crippen LogP contribution < -0.4 is 10.2 Å². The summed E-state index contributed by atoms with van der Waals surface area (Å²) in [4.78, 5) is 23.0. The Hall–Kier alpha value is -3.15. The van der Waals surface area contributed by atoms with Gasteiger partial charge in [-0.1, -0.05) is 43.3 Å². The van der Waals surface area contributed by atoms with Gasteiger partial charge < -0.3 is 10.1 Å². The first-order valence-corrected chi connectivity index (χ1v) is 9.99. The largest absolute Gasteiger partial charge is 0.441 e. The molecule has 4 rings (SSSR count). The van der Waals surface area contributed by atoms with E-state index in [-0.39, 0.29) is 18.2 Å². The maximum Gasteiger partial charge on any atom is 0.416 e. The molecule has 1 saturated heterocycles. The number of amides is 1. The lowest BCUT2D eigenvalue weighted by Crippen LogP contribution is -2.41. The Bertz CT molecular complexity index is 1050. The minimum absolute atomic E-state index is 0.0128. The standard InChI is InChI=1S/C23H26N4O2/c1-5-19-23(3,4)29-22(28)27(19)20-12-13-24-21(26-20)25-15(2)17-11-10-16-8-6-7-9-18(16)14-17/h6-15,19H,5H2,1-4H3,(H,24,25,26)/t15-,19-/m0/s1. The van der Waals surface area contributed by atoms with Gasteiger partial charge >= 0.3 is 6.09 Å². The molecule has 1 aliphatic rings. The van der Waals surface area contributed by atoms with Gasteiger partial charge in [-0.15, -0.1) is 0 Å². The maximum atomic E-state index is 12.5. The summed E-state index contributed by atoms with van der Waals surface area (Å²) in [6, 6.07) is 16.4. The number of benzene rings is 2. The topological polar surface area (TPSA) is 67.4 Å². The molecule has 1 aliphatic heterocycles. The van der Waals surface area contributed by atoms with E-state index in [0.717, 1.165) is 12.0 Å². The molecule has 1 N–H and O–H groups in total. The number of nitrogens with one attached hydrogen (secondary N) is 1. The second-order valence-electron chi connectivity index (χ2n) is 7.98. The molecule has 0 radical (unpaired) electrons. The fourth-order valence-corrected chi connectivity index (χ4v) is 4.01. The Labute approximate surface area is 170 Å². The molecule has 6 nitrogen and oxygen atoms in total. The van der Waals surface area contributed by atoms with Crippen molar-refractivity contribution in [3.63, 3.8) is 0 Å². The van der Waals surface area contributed by atoms with Crippen LogP contribution in [0, 0.1) is 0 Å². The van der Waals surface area contributed by atoms with Crippen molar-refractivity contribution in [1.82, 2.24) is 9.97 Å². The van der Waals surface area contributed by atoms with Crippen LogP contribution in [0.4, 0.5) is 16.6 Å². The molecule has 1 amide bonds. The van der Waals surface area contributed by atoms with Crippen LogP contribution in [0.3, 0.4) is 0 Å². The third-order valence-corrected chi connectivity index (χ3v) is 5.55. The zero-order valence-corrected chi connectivity index (χ0v) is 17.2. The highest BCUT2D eigenvalue weighted by Crippen LogP contribution is 2.34. The molecule has 2 atom stereocenters.